The maximum Gasteiger partial charge on any atom is 0.329 e. The summed E-state index contributed by atoms with van der Waals surface area (Å²) in [6.45, 7) is 12.7. The van der Waals surface area contributed by atoms with E-state index in [9.17, 15) is 4.79 Å². The zero-order chi connectivity index (χ0) is 14.6. The van der Waals surface area contributed by atoms with Crippen LogP contribution in [-0.4, -0.2) is 9.13 Å². The summed E-state index contributed by atoms with van der Waals surface area (Å²) in [6.07, 6.45) is 0. The first kappa shape index (κ1) is 13.9. The fourth-order valence-electron chi connectivity index (χ4n) is 2.67. The molecule has 0 aliphatic rings. The van der Waals surface area contributed by atoms with Gasteiger partial charge in [-0.1, -0.05) is 32.9 Å². The number of fused-ring (bicyclic) bond motifs is 1. The van der Waals surface area contributed by atoms with Crippen LogP contribution in [0.5, 0.6) is 0 Å². The Bertz CT molecular complexity index is 676. The molecule has 0 saturated heterocycles. The van der Waals surface area contributed by atoms with Crippen molar-refractivity contribution in [1.29, 1.82) is 0 Å². The Labute approximate surface area is 114 Å². The lowest BCUT2D eigenvalue weighted by Gasteiger charge is -2.22. The minimum atomic E-state index is -0.215. The molecule has 3 heteroatoms. The third kappa shape index (κ3) is 2.11. The number of rotatable bonds is 0. The molecular weight excluding hydrogens is 236 g/mol. The molecule has 1 heterocycles. The third-order valence-electron chi connectivity index (χ3n) is 3.55. The van der Waals surface area contributed by atoms with Crippen molar-refractivity contribution < 1.29 is 0 Å². The highest BCUT2D eigenvalue weighted by Gasteiger charge is 2.25. The van der Waals surface area contributed by atoms with E-state index in [1.807, 2.05) is 23.7 Å². The zero-order valence-electron chi connectivity index (χ0n) is 13.0. The summed E-state index contributed by atoms with van der Waals surface area (Å²) in [5.41, 5.74) is 3.15. The number of aryl methyl sites for hydroxylation is 1. The van der Waals surface area contributed by atoms with E-state index >= 15 is 0 Å². The van der Waals surface area contributed by atoms with E-state index in [1.165, 1.54) is 5.56 Å². The molecule has 104 valence electrons. The summed E-state index contributed by atoms with van der Waals surface area (Å²) >= 11 is 0. The molecule has 0 N–H and O–H groups in total. The predicted octanol–water partition coefficient (Wildman–Crippen LogP) is 3.39. The number of hydrogen-bond acceptors (Lipinski definition) is 1. The van der Waals surface area contributed by atoms with Gasteiger partial charge in [-0.15, -0.1) is 0 Å². The Morgan fingerprint density at radius 2 is 1.58 bits per heavy atom. The van der Waals surface area contributed by atoms with Gasteiger partial charge in [0.05, 0.1) is 11.0 Å². The Kier molecular flexibility index (Phi) is 2.92. The van der Waals surface area contributed by atoms with Gasteiger partial charge in [-0.25, -0.2) is 4.79 Å². The normalized spacial score (nSPS) is 13.2. The van der Waals surface area contributed by atoms with Crippen LogP contribution in [0.3, 0.4) is 0 Å². The van der Waals surface area contributed by atoms with E-state index < -0.39 is 0 Å². The van der Waals surface area contributed by atoms with Crippen LogP contribution in [0.2, 0.25) is 0 Å². The maximum atomic E-state index is 12.5. The predicted molar refractivity (Wildman–Crippen MR) is 80.9 cm³/mol. The van der Waals surface area contributed by atoms with Gasteiger partial charge in [-0.05, 0) is 37.8 Å². The number of hydrogen-bond donors (Lipinski definition) is 0. The van der Waals surface area contributed by atoms with E-state index in [1.54, 1.807) is 4.57 Å². The standard InChI is InChI=1S/C16H24N2O/c1-15(2,3)11-9-8-10-12-13(11)17(7)14(19)18(12)16(4,5)6/h8-10H,1-7H3. The molecule has 1 aromatic carbocycles. The Morgan fingerprint density at radius 3 is 2.05 bits per heavy atom. The first-order chi connectivity index (χ1) is 8.55. The van der Waals surface area contributed by atoms with Crippen LogP contribution in [0.4, 0.5) is 0 Å². The molecule has 3 nitrogen and oxygen atoms in total. The van der Waals surface area contributed by atoms with Crippen molar-refractivity contribution in [3.63, 3.8) is 0 Å². The SMILES string of the molecule is Cn1c(=O)n(C(C)(C)C)c2cccc(C(C)(C)C)c21. The number of benzene rings is 1. The average Bonchev–Trinajstić information content (AvgIpc) is 2.49. The van der Waals surface area contributed by atoms with Crippen molar-refractivity contribution in [2.24, 2.45) is 7.05 Å². The Morgan fingerprint density at radius 1 is 1.00 bits per heavy atom. The topological polar surface area (TPSA) is 26.9 Å². The Balaban J connectivity index is 3.00. The van der Waals surface area contributed by atoms with Crippen LogP contribution >= 0.6 is 0 Å². The second kappa shape index (κ2) is 3.99. The van der Waals surface area contributed by atoms with E-state index in [0.29, 0.717) is 0 Å². The van der Waals surface area contributed by atoms with Crippen LogP contribution in [0.25, 0.3) is 11.0 Å². The number of nitrogens with zero attached hydrogens (tertiary/aromatic N) is 2. The molecule has 0 bridgehead atoms. The van der Waals surface area contributed by atoms with Gasteiger partial charge >= 0.3 is 5.69 Å². The van der Waals surface area contributed by atoms with Gasteiger partial charge < -0.3 is 0 Å². The second-order valence-corrected chi connectivity index (χ2v) is 7.27. The monoisotopic (exact) mass is 260 g/mol. The maximum absolute atomic E-state index is 12.5. The number of imidazole rings is 1. The van der Waals surface area contributed by atoms with Gasteiger partial charge in [0.1, 0.15) is 0 Å². The highest BCUT2D eigenvalue weighted by atomic mass is 16.1. The summed E-state index contributed by atoms with van der Waals surface area (Å²) in [5, 5.41) is 0. The molecular formula is C16H24N2O. The fourth-order valence-corrected chi connectivity index (χ4v) is 2.67. The summed E-state index contributed by atoms with van der Waals surface area (Å²) in [6, 6.07) is 6.20. The van der Waals surface area contributed by atoms with Crippen molar-refractivity contribution in [1.82, 2.24) is 9.13 Å². The third-order valence-corrected chi connectivity index (χ3v) is 3.55. The quantitative estimate of drug-likeness (QED) is 0.713. The summed E-state index contributed by atoms with van der Waals surface area (Å²) < 4.78 is 3.67. The lowest BCUT2D eigenvalue weighted by molar-refractivity contribution is 0.392. The van der Waals surface area contributed by atoms with Gasteiger partial charge in [-0.2, -0.15) is 0 Å². The average molecular weight is 260 g/mol. The van der Waals surface area contributed by atoms with E-state index in [-0.39, 0.29) is 16.6 Å². The minimum Gasteiger partial charge on any atom is -0.295 e. The molecule has 0 spiro atoms. The van der Waals surface area contributed by atoms with Crippen molar-refractivity contribution >= 4 is 11.0 Å². The number of para-hydroxylation sites is 1. The highest BCUT2D eigenvalue weighted by Crippen LogP contribution is 2.30. The van der Waals surface area contributed by atoms with Crippen LogP contribution in [0, 0.1) is 0 Å². The molecule has 0 aliphatic heterocycles. The summed E-state index contributed by atoms with van der Waals surface area (Å²) in [5.74, 6) is 0. The highest BCUT2D eigenvalue weighted by molar-refractivity contribution is 5.81. The van der Waals surface area contributed by atoms with Crippen LogP contribution < -0.4 is 5.69 Å². The largest absolute Gasteiger partial charge is 0.329 e. The molecule has 19 heavy (non-hydrogen) atoms. The zero-order valence-corrected chi connectivity index (χ0v) is 13.0. The summed E-state index contributed by atoms with van der Waals surface area (Å²) in [4.78, 5) is 12.5. The van der Waals surface area contributed by atoms with Crippen LogP contribution in [-0.2, 0) is 18.0 Å². The second-order valence-electron chi connectivity index (χ2n) is 7.27. The smallest absolute Gasteiger partial charge is 0.295 e. The molecule has 0 saturated carbocycles. The first-order valence-corrected chi connectivity index (χ1v) is 6.76. The number of aromatic nitrogens is 2. The summed E-state index contributed by atoms with van der Waals surface area (Å²) in [7, 11) is 1.86. The van der Waals surface area contributed by atoms with Crippen molar-refractivity contribution in [3.05, 3.63) is 34.2 Å². The van der Waals surface area contributed by atoms with Gasteiger partial charge in [0.2, 0.25) is 0 Å². The van der Waals surface area contributed by atoms with Crippen LogP contribution in [0.15, 0.2) is 23.0 Å². The first-order valence-electron chi connectivity index (χ1n) is 6.76. The van der Waals surface area contributed by atoms with Crippen molar-refractivity contribution in [2.45, 2.75) is 52.5 Å². The van der Waals surface area contributed by atoms with E-state index in [0.717, 1.165) is 11.0 Å². The van der Waals surface area contributed by atoms with Crippen molar-refractivity contribution in [3.8, 4) is 0 Å². The van der Waals surface area contributed by atoms with Crippen LogP contribution in [0.1, 0.15) is 47.1 Å². The van der Waals surface area contributed by atoms with Gasteiger partial charge in [0.25, 0.3) is 0 Å². The fraction of sp³-hybridized carbons (Fsp3) is 0.562. The molecule has 2 rings (SSSR count). The van der Waals surface area contributed by atoms with E-state index in [2.05, 4.69) is 47.6 Å². The van der Waals surface area contributed by atoms with Crippen molar-refractivity contribution in [2.75, 3.05) is 0 Å². The molecule has 0 unspecified atom stereocenters. The molecule has 2 aromatic rings. The molecule has 0 fully saturated rings. The molecule has 0 radical (unpaired) electrons. The minimum absolute atomic E-state index is 0.0216. The van der Waals surface area contributed by atoms with Gasteiger partial charge in [-0.3, -0.25) is 9.13 Å². The lowest BCUT2D eigenvalue weighted by atomic mass is 9.86. The van der Waals surface area contributed by atoms with Gasteiger partial charge in [0, 0.05) is 12.6 Å². The molecule has 0 atom stereocenters. The Hall–Kier alpha value is -1.51. The lowest BCUT2D eigenvalue weighted by Crippen LogP contribution is -2.34. The van der Waals surface area contributed by atoms with Gasteiger partial charge in [0.15, 0.2) is 0 Å². The van der Waals surface area contributed by atoms with E-state index in [4.69, 9.17) is 0 Å². The molecule has 1 aromatic heterocycles. The molecule has 0 aliphatic carbocycles. The molecule has 0 amide bonds.